The maximum atomic E-state index is 13.1. The largest absolute Gasteiger partial charge is 0.352 e. The number of piperidine rings is 1. The molecule has 2 aromatic carbocycles. The van der Waals surface area contributed by atoms with Crippen LogP contribution >= 0.6 is 0 Å². The lowest BCUT2D eigenvalue weighted by Gasteiger charge is -2.32. The molecule has 0 bridgehead atoms. The van der Waals surface area contributed by atoms with E-state index in [-0.39, 0.29) is 17.6 Å². The average molecular weight is 404 g/mol. The number of anilines is 1. The zero-order chi connectivity index (χ0) is 20.9. The number of nitrogens with zero attached hydrogens (tertiary/aromatic N) is 3. The fourth-order valence-electron chi connectivity index (χ4n) is 3.69. The Kier molecular flexibility index (Phi) is 6.02. The summed E-state index contributed by atoms with van der Waals surface area (Å²) in [5, 5.41) is 3.06. The third kappa shape index (κ3) is 4.82. The minimum Gasteiger partial charge on any atom is -0.352 e. The van der Waals surface area contributed by atoms with E-state index in [4.69, 9.17) is 0 Å². The molecule has 6 heteroatoms. The van der Waals surface area contributed by atoms with Crippen LogP contribution in [-0.4, -0.2) is 29.0 Å². The molecule has 2 heterocycles. The minimum atomic E-state index is -0.267. The van der Waals surface area contributed by atoms with Crippen LogP contribution in [0.25, 0.3) is 11.1 Å². The molecule has 1 aliphatic rings. The highest BCUT2D eigenvalue weighted by atomic mass is 19.1. The lowest BCUT2D eigenvalue weighted by Crippen LogP contribution is -2.43. The Morgan fingerprint density at radius 1 is 1.07 bits per heavy atom. The molecule has 0 spiro atoms. The van der Waals surface area contributed by atoms with Crippen molar-refractivity contribution in [3.05, 3.63) is 77.9 Å². The van der Waals surface area contributed by atoms with Gasteiger partial charge in [-0.25, -0.2) is 14.4 Å². The van der Waals surface area contributed by atoms with Gasteiger partial charge in [-0.1, -0.05) is 42.0 Å². The van der Waals surface area contributed by atoms with Crippen molar-refractivity contribution in [2.75, 3.05) is 18.0 Å². The van der Waals surface area contributed by atoms with Crippen LogP contribution in [0.5, 0.6) is 0 Å². The first-order valence-corrected chi connectivity index (χ1v) is 10.2. The van der Waals surface area contributed by atoms with Crippen LogP contribution in [0.2, 0.25) is 0 Å². The molecule has 154 valence electrons. The average Bonchev–Trinajstić information content (AvgIpc) is 2.79. The van der Waals surface area contributed by atoms with Crippen LogP contribution in [0, 0.1) is 18.7 Å². The highest BCUT2D eigenvalue weighted by Crippen LogP contribution is 2.23. The van der Waals surface area contributed by atoms with E-state index in [1.54, 1.807) is 24.5 Å². The van der Waals surface area contributed by atoms with E-state index in [0.717, 1.165) is 36.1 Å². The number of carbonyl (C=O) groups is 1. The number of hydrogen-bond donors (Lipinski definition) is 1. The molecule has 1 unspecified atom stereocenters. The van der Waals surface area contributed by atoms with Gasteiger partial charge < -0.3 is 10.2 Å². The Balaban J connectivity index is 1.36. The molecular formula is C24H25FN4O. The maximum Gasteiger partial charge on any atom is 0.225 e. The Morgan fingerprint density at radius 2 is 1.77 bits per heavy atom. The summed E-state index contributed by atoms with van der Waals surface area (Å²) < 4.78 is 13.1. The standard InChI is InChI=1S/C24H25FN4O/c1-17-4-6-18(7-5-17)13-26-23(30)20-3-2-12-29(16-20)24-27-14-21(15-28-24)19-8-10-22(25)11-9-19/h4-11,14-15,20H,2-3,12-13,16H2,1H3,(H,26,30). The smallest absolute Gasteiger partial charge is 0.225 e. The fourth-order valence-corrected chi connectivity index (χ4v) is 3.69. The number of aromatic nitrogens is 2. The van der Waals surface area contributed by atoms with Crippen molar-refractivity contribution >= 4 is 11.9 Å². The topological polar surface area (TPSA) is 58.1 Å². The first kappa shape index (κ1) is 20.0. The van der Waals surface area contributed by atoms with E-state index < -0.39 is 0 Å². The van der Waals surface area contributed by atoms with Crippen molar-refractivity contribution in [3.8, 4) is 11.1 Å². The second kappa shape index (κ2) is 9.03. The van der Waals surface area contributed by atoms with Crippen molar-refractivity contribution in [2.45, 2.75) is 26.3 Å². The highest BCUT2D eigenvalue weighted by molar-refractivity contribution is 5.79. The summed E-state index contributed by atoms with van der Waals surface area (Å²) in [4.78, 5) is 23.7. The first-order chi connectivity index (χ1) is 14.6. The molecule has 5 nitrogen and oxygen atoms in total. The van der Waals surface area contributed by atoms with Crippen molar-refractivity contribution in [1.82, 2.24) is 15.3 Å². The van der Waals surface area contributed by atoms with Gasteiger partial charge in [-0.05, 0) is 43.0 Å². The molecule has 0 radical (unpaired) electrons. The third-order valence-corrected chi connectivity index (χ3v) is 5.48. The van der Waals surface area contributed by atoms with Gasteiger partial charge in [0.15, 0.2) is 0 Å². The number of halogens is 1. The molecule has 1 N–H and O–H groups in total. The fraction of sp³-hybridized carbons (Fsp3) is 0.292. The summed E-state index contributed by atoms with van der Waals surface area (Å²) in [6.45, 7) is 4.03. The van der Waals surface area contributed by atoms with Crippen LogP contribution in [0.15, 0.2) is 60.9 Å². The van der Waals surface area contributed by atoms with Crippen LogP contribution in [0.4, 0.5) is 10.3 Å². The van der Waals surface area contributed by atoms with Crippen LogP contribution in [0.1, 0.15) is 24.0 Å². The van der Waals surface area contributed by atoms with Gasteiger partial charge in [0.05, 0.1) is 5.92 Å². The van der Waals surface area contributed by atoms with Crippen LogP contribution < -0.4 is 10.2 Å². The Morgan fingerprint density at radius 3 is 2.47 bits per heavy atom. The second-order valence-electron chi connectivity index (χ2n) is 7.77. The van der Waals surface area contributed by atoms with Gasteiger partial charge in [-0.3, -0.25) is 4.79 Å². The van der Waals surface area contributed by atoms with E-state index in [9.17, 15) is 9.18 Å². The van der Waals surface area contributed by atoms with Gasteiger partial charge in [-0.15, -0.1) is 0 Å². The van der Waals surface area contributed by atoms with Crippen LogP contribution in [0.3, 0.4) is 0 Å². The summed E-state index contributed by atoms with van der Waals surface area (Å²) in [7, 11) is 0. The number of amides is 1. The zero-order valence-electron chi connectivity index (χ0n) is 17.0. The van der Waals surface area contributed by atoms with Crippen LogP contribution in [-0.2, 0) is 11.3 Å². The van der Waals surface area contributed by atoms with Crippen molar-refractivity contribution in [1.29, 1.82) is 0 Å². The number of nitrogens with one attached hydrogen (secondary N) is 1. The molecule has 4 rings (SSSR count). The molecular weight excluding hydrogens is 379 g/mol. The summed E-state index contributed by atoms with van der Waals surface area (Å²) in [5.41, 5.74) is 4.01. The van der Waals surface area contributed by atoms with E-state index in [1.165, 1.54) is 17.7 Å². The number of carbonyl (C=O) groups excluding carboxylic acids is 1. The molecule has 1 saturated heterocycles. The minimum absolute atomic E-state index is 0.0724. The lowest BCUT2D eigenvalue weighted by atomic mass is 9.97. The quantitative estimate of drug-likeness (QED) is 0.695. The lowest BCUT2D eigenvalue weighted by molar-refractivity contribution is -0.125. The van der Waals surface area contributed by atoms with Gasteiger partial charge in [0.25, 0.3) is 0 Å². The number of hydrogen-bond acceptors (Lipinski definition) is 4. The maximum absolute atomic E-state index is 13.1. The van der Waals surface area contributed by atoms with Gasteiger partial charge >= 0.3 is 0 Å². The van der Waals surface area contributed by atoms with Gasteiger partial charge in [0.2, 0.25) is 11.9 Å². The Bertz CT molecular complexity index is 987. The molecule has 1 amide bonds. The summed E-state index contributed by atoms with van der Waals surface area (Å²) >= 11 is 0. The molecule has 0 aliphatic carbocycles. The summed E-state index contributed by atoms with van der Waals surface area (Å²) in [5.74, 6) is 0.348. The van der Waals surface area contributed by atoms with Gasteiger partial charge in [0, 0.05) is 37.6 Å². The number of aryl methyl sites for hydroxylation is 1. The van der Waals surface area contributed by atoms with E-state index in [0.29, 0.717) is 19.0 Å². The number of rotatable bonds is 5. The molecule has 1 aliphatic heterocycles. The van der Waals surface area contributed by atoms with Crippen molar-refractivity contribution in [3.63, 3.8) is 0 Å². The molecule has 0 saturated carbocycles. The monoisotopic (exact) mass is 404 g/mol. The predicted octanol–water partition coefficient (Wildman–Crippen LogP) is 4.12. The molecule has 3 aromatic rings. The molecule has 1 atom stereocenters. The summed E-state index contributed by atoms with van der Waals surface area (Å²) in [6.07, 6.45) is 5.28. The van der Waals surface area contributed by atoms with Gasteiger partial charge in [-0.2, -0.15) is 0 Å². The van der Waals surface area contributed by atoms with E-state index in [1.807, 2.05) is 19.1 Å². The normalized spacial score (nSPS) is 16.3. The van der Waals surface area contributed by atoms with Crippen molar-refractivity contribution in [2.24, 2.45) is 5.92 Å². The SMILES string of the molecule is Cc1ccc(CNC(=O)C2CCCN(c3ncc(-c4ccc(F)cc4)cn3)C2)cc1. The molecule has 1 aromatic heterocycles. The van der Waals surface area contributed by atoms with E-state index >= 15 is 0 Å². The number of benzene rings is 2. The zero-order valence-corrected chi connectivity index (χ0v) is 17.0. The molecule has 30 heavy (non-hydrogen) atoms. The Labute approximate surface area is 176 Å². The third-order valence-electron chi connectivity index (χ3n) is 5.48. The first-order valence-electron chi connectivity index (χ1n) is 10.2. The van der Waals surface area contributed by atoms with Gasteiger partial charge in [0.1, 0.15) is 5.82 Å². The predicted molar refractivity (Wildman–Crippen MR) is 115 cm³/mol. The molecule has 1 fully saturated rings. The summed E-state index contributed by atoms with van der Waals surface area (Å²) in [6, 6.07) is 14.5. The second-order valence-corrected chi connectivity index (χ2v) is 7.77. The highest BCUT2D eigenvalue weighted by Gasteiger charge is 2.27. The van der Waals surface area contributed by atoms with Crippen molar-refractivity contribution < 1.29 is 9.18 Å². The van der Waals surface area contributed by atoms with E-state index in [2.05, 4.69) is 32.3 Å². The Hall–Kier alpha value is -3.28.